The Hall–Kier alpha value is -2.74. The molecule has 0 saturated carbocycles. The van der Waals surface area contributed by atoms with Gasteiger partial charge in [-0.15, -0.1) is 0 Å². The van der Waals surface area contributed by atoms with E-state index >= 15 is 0 Å². The van der Waals surface area contributed by atoms with Crippen molar-refractivity contribution in [1.82, 2.24) is 15.1 Å². The maximum atomic E-state index is 13.1. The van der Waals surface area contributed by atoms with Gasteiger partial charge in [-0.3, -0.25) is 4.79 Å². The van der Waals surface area contributed by atoms with Crippen molar-refractivity contribution >= 4 is 29.1 Å². The summed E-state index contributed by atoms with van der Waals surface area (Å²) in [7, 11) is 3.19. The largest absolute Gasteiger partial charge is 0.493 e. The number of methoxy groups -OCH3 is 2. The van der Waals surface area contributed by atoms with Gasteiger partial charge in [-0.25, -0.2) is 4.68 Å². The maximum Gasteiger partial charge on any atom is 0.256 e. The summed E-state index contributed by atoms with van der Waals surface area (Å²) < 4.78 is 17.7. The van der Waals surface area contributed by atoms with Crippen LogP contribution in [0.3, 0.4) is 0 Å². The second-order valence-corrected chi connectivity index (χ2v) is 8.21. The molecule has 3 rings (SSSR count). The average Bonchev–Trinajstić information content (AvgIpc) is 3.08. The summed E-state index contributed by atoms with van der Waals surface area (Å²) in [5, 5.41) is 8.30. The van der Waals surface area contributed by atoms with Gasteiger partial charge in [-0.1, -0.05) is 47.5 Å². The van der Waals surface area contributed by atoms with Gasteiger partial charge in [0.05, 0.1) is 37.6 Å². The molecule has 0 bridgehead atoms. The van der Waals surface area contributed by atoms with E-state index < -0.39 is 0 Å². The van der Waals surface area contributed by atoms with Crippen LogP contribution in [0, 0.1) is 6.92 Å². The van der Waals surface area contributed by atoms with Crippen LogP contribution in [0.2, 0.25) is 10.2 Å². The second kappa shape index (κ2) is 11.4. The summed E-state index contributed by atoms with van der Waals surface area (Å²) in [5.74, 6) is 0.873. The number of ether oxygens (including phenoxy) is 3. The molecule has 1 atom stereocenters. The van der Waals surface area contributed by atoms with Gasteiger partial charge in [0.2, 0.25) is 0 Å². The summed E-state index contributed by atoms with van der Waals surface area (Å²) in [4.78, 5) is 13.1. The number of hydrogen-bond donors (Lipinski definition) is 1. The van der Waals surface area contributed by atoms with Crippen molar-refractivity contribution in [3.8, 4) is 11.5 Å². The zero-order valence-electron chi connectivity index (χ0n) is 19.0. The van der Waals surface area contributed by atoms with E-state index in [9.17, 15) is 4.79 Å². The fourth-order valence-electron chi connectivity index (χ4n) is 3.36. The van der Waals surface area contributed by atoms with Crippen LogP contribution in [0.15, 0.2) is 42.5 Å². The Morgan fingerprint density at radius 3 is 2.58 bits per heavy atom. The summed E-state index contributed by atoms with van der Waals surface area (Å²) in [6.45, 7) is 4.89. The number of hydrogen-bond acceptors (Lipinski definition) is 5. The molecular formula is C24H27Cl2N3O4. The molecule has 7 nitrogen and oxygen atoms in total. The predicted octanol–water partition coefficient (Wildman–Crippen LogP) is 5.07. The number of rotatable bonds is 10. The number of nitrogens with one attached hydrogen (secondary N) is 1. The molecule has 33 heavy (non-hydrogen) atoms. The minimum atomic E-state index is -0.310. The summed E-state index contributed by atoms with van der Waals surface area (Å²) in [5.41, 5.74) is 2.60. The Morgan fingerprint density at radius 1 is 1.12 bits per heavy atom. The van der Waals surface area contributed by atoms with Crippen LogP contribution < -0.4 is 14.8 Å². The number of nitrogens with zero attached hydrogens (tertiary/aromatic N) is 2. The highest BCUT2D eigenvalue weighted by Crippen LogP contribution is 2.31. The molecule has 176 valence electrons. The van der Waals surface area contributed by atoms with Gasteiger partial charge < -0.3 is 19.5 Å². The molecule has 3 aromatic rings. The maximum absolute atomic E-state index is 13.1. The third-order valence-electron chi connectivity index (χ3n) is 5.15. The van der Waals surface area contributed by atoms with Gasteiger partial charge in [-0.05, 0) is 43.2 Å². The highest BCUT2D eigenvalue weighted by Gasteiger charge is 2.23. The van der Waals surface area contributed by atoms with Crippen molar-refractivity contribution in [3.05, 3.63) is 75.0 Å². The third-order valence-corrected chi connectivity index (χ3v) is 5.90. The molecule has 1 N–H and O–H groups in total. The number of carbonyl (C=O) groups excluding carboxylic acids is 1. The van der Waals surface area contributed by atoms with Gasteiger partial charge in [0.15, 0.2) is 11.5 Å². The first-order valence-electron chi connectivity index (χ1n) is 10.4. The van der Waals surface area contributed by atoms with Gasteiger partial charge in [0.1, 0.15) is 11.8 Å². The number of amides is 1. The van der Waals surface area contributed by atoms with Gasteiger partial charge >= 0.3 is 0 Å². The fraction of sp³-hybridized carbons (Fsp3) is 0.333. The lowest BCUT2D eigenvalue weighted by Crippen LogP contribution is -2.27. The van der Waals surface area contributed by atoms with E-state index in [4.69, 9.17) is 37.4 Å². The third kappa shape index (κ3) is 5.99. The van der Waals surface area contributed by atoms with Crippen LogP contribution in [-0.2, 0) is 11.3 Å². The van der Waals surface area contributed by atoms with Crippen LogP contribution in [0.25, 0.3) is 0 Å². The van der Waals surface area contributed by atoms with E-state index in [-0.39, 0.29) is 17.1 Å². The molecule has 1 amide bonds. The van der Waals surface area contributed by atoms with Crippen molar-refractivity contribution in [2.75, 3.05) is 27.4 Å². The zero-order valence-corrected chi connectivity index (χ0v) is 20.5. The summed E-state index contributed by atoms with van der Waals surface area (Å²) in [6, 6.07) is 12.7. The Labute approximate surface area is 203 Å². The normalized spacial score (nSPS) is 11.8. The lowest BCUT2D eigenvalue weighted by Gasteiger charge is -2.17. The van der Waals surface area contributed by atoms with Crippen molar-refractivity contribution in [2.24, 2.45) is 0 Å². The Morgan fingerprint density at radius 2 is 1.88 bits per heavy atom. The lowest BCUT2D eigenvalue weighted by atomic mass is 10.1. The molecule has 0 spiro atoms. The molecule has 0 radical (unpaired) electrons. The van der Waals surface area contributed by atoms with Gasteiger partial charge in [0.25, 0.3) is 5.91 Å². The second-order valence-electron chi connectivity index (χ2n) is 7.45. The first-order valence-corrected chi connectivity index (χ1v) is 11.2. The Kier molecular flexibility index (Phi) is 8.61. The summed E-state index contributed by atoms with van der Waals surface area (Å²) >= 11 is 12.8. The standard InChI is InChI=1S/C24H27Cl2N3O4/c1-15(17-9-10-20(21(13-17)32-4)33-12-11-31-3)27-24(30)22-16(2)28-29(23(22)26)14-18-7-5-6-8-19(18)25/h5-10,13,15H,11-12,14H2,1-4H3,(H,27,30). The number of aromatic nitrogens is 2. The molecule has 0 saturated heterocycles. The van der Waals surface area contributed by atoms with Gasteiger partial charge in [-0.2, -0.15) is 5.10 Å². The predicted molar refractivity (Wildman–Crippen MR) is 129 cm³/mol. The molecule has 2 aromatic carbocycles. The fourth-order valence-corrected chi connectivity index (χ4v) is 3.88. The SMILES string of the molecule is COCCOc1ccc(C(C)NC(=O)c2c(C)nn(Cc3ccccc3Cl)c2Cl)cc1OC. The number of carbonyl (C=O) groups is 1. The number of benzene rings is 2. The van der Waals surface area contributed by atoms with E-state index in [1.54, 1.807) is 31.9 Å². The topological polar surface area (TPSA) is 74.6 Å². The lowest BCUT2D eigenvalue weighted by molar-refractivity contribution is 0.0939. The van der Waals surface area contributed by atoms with Crippen LogP contribution in [-0.4, -0.2) is 43.1 Å². The van der Waals surface area contributed by atoms with E-state index in [0.717, 1.165) is 11.1 Å². The summed E-state index contributed by atoms with van der Waals surface area (Å²) in [6.07, 6.45) is 0. The zero-order chi connectivity index (χ0) is 24.0. The minimum Gasteiger partial charge on any atom is -0.493 e. The quantitative estimate of drug-likeness (QED) is 0.400. The van der Waals surface area contributed by atoms with E-state index in [1.165, 1.54) is 0 Å². The van der Waals surface area contributed by atoms with E-state index in [1.807, 2.05) is 43.3 Å². The number of aryl methyl sites for hydroxylation is 1. The van der Waals surface area contributed by atoms with Crippen LogP contribution in [0.5, 0.6) is 11.5 Å². The van der Waals surface area contributed by atoms with E-state index in [2.05, 4.69) is 10.4 Å². The molecule has 1 aromatic heterocycles. The van der Waals surface area contributed by atoms with Gasteiger partial charge in [0, 0.05) is 12.1 Å². The van der Waals surface area contributed by atoms with Crippen LogP contribution in [0.4, 0.5) is 0 Å². The van der Waals surface area contributed by atoms with E-state index in [0.29, 0.717) is 47.5 Å². The molecule has 0 aliphatic carbocycles. The minimum absolute atomic E-state index is 0.261. The first kappa shape index (κ1) is 24.9. The van der Waals surface area contributed by atoms with Crippen LogP contribution >= 0.6 is 23.2 Å². The Bertz CT molecular complexity index is 1120. The highest BCUT2D eigenvalue weighted by atomic mass is 35.5. The molecule has 0 aliphatic rings. The van der Waals surface area contributed by atoms with Crippen LogP contribution in [0.1, 0.15) is 40.1 Å². The molecule has 1 heterocycles. The molecule has 9 heteroatoms. The molecule has 0 fully saturated rings. The van der Waals surface area contributed by atoms with Crippen molar-refractivity contribution < 1.29 is 19.0 Å². The van der Waals surface area contributed by atoms with Crippen molar-refractivity contribution in [2.45, 2.75) is 26.4 Å². The highest BCUT2D eigenvalue weighted by molar-refractivity contribution is 6.33. The average molecular weight is 492 g/mol. The first-order chi connectivity index (χ1) is 15.8. The Balaban J connectivity index is 1.74. The van der Waals surface area contributed by atoms with Crippen molar-refractivity contribution in [3.63, 3.8) is 0 Å². The number of halogens is 2. The van der Waals surface area contributed by atoms with Crippen molar-refractivity contribution in [1.29, 1.82) is 0 Å². The smallest absolute Gasteiger partial charge is 0.256 e. The molecular weight excluding hydrogens is 465 g/mol. The molecule has 1 unspecified atom stereocenters. The monoisotopic (exact) mass is 491 g/mol. The molecule has 0 aliphatic heterocycles.